The van der Waals surface area contributed by atoms with Gasteiger partial charge in [0.25, 0.3) is 0 Å². The van der Waals surface area contributed by atoms with E-state index in [1.165, 1.54) is 6.20 Å². The number of hydrogen-bond acceptors (Lipinski definition) is 5. The molecule has 2 aliphatic rings. The van der Waals surface area contributed by atoms with Crippen molar-refractivity contribution >= 4 is 22.5 Å². The number of halogens is 3. The van der Waals surface area contributed by atoms with Crippen molar-refractivity contribution in [1.29, 1.82) is 0 Å². The molecule has 1 amide bonds. The number of alkyl halides is 3. The Morgan fingerprint density at radius 2 is 2.00 bits per heavy atom. The third-order valence-electron chi connectivity index (χ3n) is 5.96. The van der Waals surface area contributed by atoms with Gasteiger partial charge in [0.05, 0.1) is 30.8 Å². The predicted octanol–water partition coefficient (Wildman–Crippen LogP) is 2.92. The lowest BCUT2D eigenvalue weighted by Crippen LogP contribution is -2.52. The number of nitrogens with zero attached hydrogens (tertiary/aromatic N) is 3. The van der Waals surface area contributed by atoms with Crippen LogP contribution in [0.5, 0.6) is 0 Å². The Balaban J connectivity index is 1.51. The molecule has 0 unspecified atom stereocenters. The first-order chi connectivity index (χ1) is 14.8. The van der Waals surface area contributed by atoms with Crippen molar-refractivity contribution in [2.75, 3.05) is 50.8 Å². The van der Waals surface area contributed by atoms with Gasteiger partial charge < -0.3 is 19.9 Å². The van der Waals surface area contributed by atoms with Crippen LogP contribution in [0.15, 0.2) is 30.5 Å². The van der Waals surface area contributed by atoms with Crippen LogP contribution in [0.2, 0.25) is 0 Å². The third-order valence-corrected chi connectivity index (χ3v) is 5.96. The van der Waals surface area contributed by atoms with E-state index in [0.717, 1.165) is 24.7 Å². The lowest BCUT2D eigenvalue weighted by molar-refractivity contribution is -0.136. The van der Waals surface area contributed by atoms with Gasteiger partial charge in [-0.1, -0.05) is 6.92 Å². The summed E-state index contributed by atoms with van der Waals surface area (Å²) in [4.78, 5) is 20.4. The van der Waals surface area contributed by atoms with Crippen molar-refractivity contribution in [2.45, 2.75) is 25.6 Å². The quantitative estimate of drug-likeness (QED) is 0.799. The Morgan fingerprint density at radius 3 is 2.74 bits per heavy atom. The van der Waals surface area contributed by atoms with Gasteiger partial charge in [-0.15, -0.1) is 0 Å². The zero-order valence-corrected chi connectivity index (χ0v) is 17.5. The molecule has 1 aromatic heterocycles. The topological polar surface area (TPSA) is 57.7 Å². The fourth-order valence-electron chi connectivity index (χ4n) is 4.51. The molecule has 0 aliphatic carbocycles. The smallest absolute Gasteiger partial charge is 0.378 e. The summed E-state index contributed by atoms with van der Waals surface area (Å²) in [6, 6.07) is 6.09. The predicted molar refractivity (Wildman–Crippen MR) is 112 cm³/mol. The van der Waals surface area contributed by atoms with Gasteiger partial charge in [0.15, 0.2) is 0 Å². The highest BCUT2D eigenvalue weighted by atomic mass is 19.4. The van der Waals surface area contributed by atoms with Gasteiger partial charge in [0.1, 0.15) is 0 Å². The molecule has 168 valence electrons. The summed E-state index contributed by atoms with van der Waals surface area (Å²) in [6.07, 6.45) is -2.16. The fraction of sp³-hybridized carbons (Fsp3) is 0.545. The monoisotopic (exact) mass is 436 g/mol. The van der Waals surface area contributed by atoms with Crippen LogP contribution in [0.4, 0.5) is 18.9 Å². The fourth-order valence-corrected chi connectivity index (χ4v) is 4.51. The van der Waals surface area contributed by atoms with Crippen molar-refractivity contribution in [2.24, 2.45) is 5.92 Å². The summed E-state index contributed by atoms with van der Waals surface area (Å²) in [5.41, 5.74) is -0.00521. The largest absolute Gasteiger partial charge is 0.418 e. The summed E-state index contributed by atoms with van der Waals surface area (Å²) in [5.74, 6) is 0.385. The lowest BCUT2D eigenvalue weighted by Gasteiger charge is -2.39. The average molecular weight is 436 g/mol. The van der Waals surface area contributed by atoms with Crippen molar-refractivity contribution in [3.63, 3.8) is 0 Å². The number of morpholine rings is 1. The molecule has 0 radical (unpaired) electrons. The molecule has 1 N–H and O–H groups in total. The number of pyridine rings is 1. The highest BCUT2D eigenvalue weighted by Gasteiger charge is 2.35. The molecule has 2 fully saturated rings. The van der Waals surface area contributed by atoms with Crippen LogP contribution in [-0.4, -0.2) is 67.8 Å². The average Bonchev–Trinajstić information content (AvgIpc) is 2.76. The number of rotatable bonds is 4. The highest BCUT2D eigenvalue weighted by molar-refractivity contribution is 5.94. The minimum atomic E-state index is -4.45. The van der Waals surface area contributed by atoms with Crippen molar-refractivity contribution in [3.05, 3.63) is 36.0 Å². The van der Waals surface area contributed by atoms with Crippen LogP contribution >= 0.6 is 0 Å². The van der Waals surface area contributed by atoms with Gasteiger partial charge in [0.2, 0.25) is 5.91 Å². The first kappa shape index (κ1) is 21.8. The maximum Gasteiger partial charge on any atom is 0.418 e. The Hall–Kier alpha value is -2.39. The first-order valence-corrected chi connectivity index (χ1v) is 10.6. The molecule has 0 saturated carbocycles. The number of aromatic nitrogens is 1. The maximum atomic E-state index is 13.4. The van der Waals surface area contributed by atoms with E-state index in [4.69, 9.17) is 4.74 Å². The minimum Gasteiger partial charge on any atom is -0.378 e. The number of carbonyl (C=O) groups is 1. The molecule has 4 rings (SSSR count). The summed E-state index contributed by atoms with van der Waals surface area (Å²) in [5, 5.41) is 3.86. The summed E-state index contributed by atoms with van der Waals surface area (Å²) >= 11 is 0. The number of anilines is 1. The molecule has 2 aliphatic heterocycles. The number of piperidine rings is 1. The first-order valence-electron chi connectivity index (χ1n) is 10.6. The Bertz CT molecular complexity index is 931. The second-order valence-electron chi connectivity index (χ2n) is 8.35. The van der Waals surface area contributed by atoms with E-state index >= 15 is 0 Å². The lowest BCUT2D eigenvalue weighted by atomic mass is 9.94. The van der Waals surface area contributed by atoms with E-state index in [9.17, 15) is 18.0 Å². The molecule has 2 aromatic rings. The van der Waals surface area contributed by atoms with Crippen molar-refractivity contribution in [3.8, 4) is 0 Å². The van der Waals surface area contributed by atoms with E-state index in [2.05, 4.69) is 22.1 Å². The minimum absolute atomic E-state index is 0.0299. The number of hydrogen-bond donors (Lipinski definition) is 1. The number of amides is 1. The molecular formula is C22H27F3N4O2. The molecular weight excluding hydrogens is 409 g/mol. The second kappa shape index (κ2) is 9.00. The van der Waals surface area contributed by atoms with Crippen LogP contribution in [0.25, 0.3) is 10.9 Å². The Morgan fingerprint density at radius 1 is 1.23 bits per heavy atom. The number of benzene rings is 1. The molecule has 3 heterocycles. The molecule has 0 spiro atoms. The second-order valence-corrected chi connectivity index (χ2v) is 8.35. The zero-order valence-electron chi connectivity index (χ0n) is 17.5. The molecule has 0 bridgehead atoms. The standard InChI is InChI=1S/C22H27F3N4O2/c1-15-11-16(27-12-20(30)28-7-9-31-10-8-28)14-29(13-15)19-5-4-18(22(23,24)25)21-17(19)3-2-6-26-21/h2-6,15-16,27H,7-14H2,1H3/t15-,16+/m0/s1. The Kier molecular flexibility index (Phi) is 6.34. The third kappa shape index (κ3) is 4.93. The maximum absolute atomic E-state index is 13.4. The van der Waals surface area contributed by atoms with E-state index in [-0.39, 0.29) is 24.0 Å². The van der Waals surface area contributed by atoms with Gasteiger partial charge >= 0.3 is 6.18 Å². The molecule has 9 heteroatoms. The molecule has 6 nitrogen and oxygen atoms in total. The summed E-state index contributed by atoms with van der Waals surface area (Å²) in [7, 11) is 0. The number of nitrogens with one attached hydrogen (secondary N) is 1. The summed E-state index contributed by atoms with van der Waals surface area (Å²) < 4.78 is 45.6. The van der Waals surface area contributed by atoms with Crippen LogP contribution in [0.1, 0.15) is 18.9 Å². The van der Waals surface area contributed by atoms with Crippen molar-refractivity contribution in [1.82, 2.24) is 15.2 Å². The van der Waals surface area contributed by atoms with E-state index in [1.807, 2.05) is 0 Å². The molecule has 1 aromatic carbocycles. The van der Waals surface area contributed by atoms with Crippen LogP contribution in [0.3, 0.4) is 0 Å². The van der Waals surface area contributed by atoms with Crippen LogP contribution in [-0.2, 0) is 15.7 Å². The van der Waals surface area contributed by atoms with Crippen molar-refractivity contribution < 1.29 is 22.7 Å². The van der Waals surface area contributed by atoms with E-state index < -0.39 is 11.7 Å². The van der Waals surface area contributed by atoms with Gasteiger partial charge in [-0.25, -0.2) is 0 Å². The SMILES string of the molecule is C[C@H]1C[C@@H](NCC(=O)N2CCOCC2)CN(c2ccc(C(F)(F)F)c3ncccc23)C1. The molecule has 31 heavy (non-hydrogen) atoms. The number of fused-ring (bicyclic) bond motifs is 1. The number of carbonyl (C=O) groups excluding carboxylic acids is 1. The van der Waals surface area contributed by atoms with E-state index in [1.54, 1.807) is 23.1 Å². The normalized spacial score (nSPS) is 22.7. The Labute approximate surface area is 179 Å². The zero-order chi connectivity index (χ0) is 22.0. The van der Waals surface area contributed by atoms with Gasteiger partial charge in [-0.3, -0.25) is 9.78 Å². The molecule has 2 saturated heterocycles. The van der Waals surface area contributed by atoms with E-state index in [0.29, 0.717) is 44.2 Å². The van der Waals surface area contributed by atoms with Gasteiger partial charge in [-0.05, 0) is 36.6 Å². The van der Waals surface area contributed by atoms with Gasteiger partial charge in [-0.2, -0.15) is 13.2 Å². The molecule has 2 atom stereocenters. The van der Waals surface area contributed by atoms with Crippen LogP contribution in [0, 0.1) is 5.92 Å². The van der Waals surface area contributed by atoms with Crippen LogP contribution < -0.4 is 10.2 Å². The highest BCUT2D eigenvalue weighted by Crippen LogP contribution is 2.38. The summed E-state index contributed by atoms with van der Waals surface area (Å²) in [6.45, 7) is 6.08. The number of ether oxygens (including phenoxy) is 1. The van der Waals surface area contributed by atoms with Gasteiger partial charge in [0, 0.05) is 49.5 Å².